The van der Waals surface area contributed by atoms with Crippen molar-refractivity contribution in [3.8, 4) is 0 Å². The smallest absolute Gasteiger partial charge is 0.128 e. The summed E-state index contributed by atoms with van der Waals surface area (Å²) in [6.07, 6.45) is 0.600. The number of hydrogen-bond acceptors (Lipinski definition) is 1. The van der Waals surface area contributed by atoms with Crippen molar-refractivity contribution < 1.29 is 4.39 Å². The molecule has 0 amide bonds. The third-order valence-corrected chi connectivity index (χ3v) is 4.70. The van der Waals surface area contributed by atoms with Crippen LogP contribution >= 0.6 is 11.6 Å². The Morgan fingerprint density at radius 2 is 1.52 bits per heavy atom. The summed E-state index contributed by atoms with van der Waals surface area (Å²) in [7, 11) is 0. The van der Waals surface area contributed by atoms with Gasteiger partial charge in [-0.1, -0.05) is 60.1 Å². The van der Waals surface area contributed by atoms with E-state index in [9.17, 15) is 4.39 Å². The number of aromatic nitrogens is 2. The van der Waals surface area contributed by atoms with Crippen molar-refractivity contribution in [2.24, 2.45) is 0 Å². The van der Waals surface area contributed by atoms with Gasteiger partial charge < -0.3 is 4.57 Å². The van der Waals surface area contributed by atoms with Crippen LogP contribution in [0.3, 0.4) is 0 Å². The minimum absolute atomic E-state index is 0.205. The molecule has 0 aliphatic carbocycles. The molecule has 0 saturated heterocycles. The zero-order valence-electron chi connectivity index (χ0n) is 13.5. The van der Waals surface area contributed by atoms with Gasteiger partial charge in [-0.25, -0.2) is 9.37 Å². The Hall–Kier alpha value is -2.65. The monoisotopic (exact) mass is 350 g/mol. The Morgan fingerprint density at radius 1 is 0.840 bits per heavy atom. The molecule has 1 heterocycles. The van der Waals surface area contributed by atoms with E-state index in [1.807, 2.05) is 60.7 Å². The lowest BCUT2D eigenvalue weighted by atomic mass is 10.1. The lowest BCUT2D eigenvalue weighted by Gasteiger charge is -2.11. The van der Waals surface area contributed by atoms with Gasteiger partial charge in [0.2, 0.25) is 0 Å². The zero-order chi connectivity index (χ0) is 17.2. The molecule has 4 aromatic rings. The quantitative estimate of drug-likeness (QED) is 0.477. The molecular formula is C21H16ClFN2. The maximum Gasteiger partial charge on any atom is 0.128 e. The summed E-state index contributed by atoms with van der Waals surface area (Å²) in [4.78, 5) is 4.76. The number of imidazole rings is 1. The van der Waals surface area contributed by atoms with E-state index in [2.05, 4.69) is 4.57 Å². The molecule has 4 heteroatoms. The first-order valence-corrected chi connectivity index (χ1v) is 8.51. The third kappa shape index (κ3) is 3.15. The molecule has 0 aliphatic rings. The second-order valence-corrected chi connectivity index (χ2v) is 6.37. The van der Waals surface area contributed by atoms with Crippen molar-refractivity contribution >= 4 is 22.6 Å². The van der Waals surface area contributed by atoms with Crippen molar-refractivity contribution in [1.29, 1.82) is 0 Å². The summed E-state index contributed by atoms with van der Waals surface area (Å²) in [6, 6.07) is 22.5. The fourth-order valence-electron chi connectivity index (χ4n) is 3.05. The van der Waals surface area contributed by atoms with Gasteiger partial charge in [-0.2, -0.15) is 0 Å². The molecule has 0 bridgehead atoms. The summed E-state index contributed by atoms with van der Waals surface area (Å²) in [5.41, 5.74) is 3.55. The highest BCUT2D eigenvalue weighted by atomic mass is 35.5. The number of benzene rings is 3. The van der Waals surface area contributed by atoms with E-state index < -0.39 is 0 Å². The number of fused-ring (bicyclic) bond motifs is 1. The normalized spacial score (nSPS) is 11.1. The maximum atomic E-state index is 14.1. The van der Waals surface area contributed by atoms with Gasteiger partial charge in [-0.05, 0) is 29.8 Å². The molecule has 0 N–H and O–H groups in total. The molecule has 4 rings (SSSR count). The van der Waals surface area contributed by atoms with E-state index in [0.29, 0.717) is 23.6 Å². The van der Waals surface area contributed by atoms with Crippen LogP contribution in [0.4, 0.5) is 4.39 Å². The van der Waals surface area contributed by atoms with Gasteiger partial charge in [-0.3, -0.25) is 0 Å². The highest BCUT2D eigenvalue weighted by Gasteiger charge is 2.14. The van der Waals surface area contributed by atoms with Crippen molar-refractivity contribution in [2.75, 3.05) is 0 Å². The Bertz CT molecular complexity index is 1040. The van der Waals surface area contributed by atoms with E-state index in [4.69, 9.17) is 16.6 Å². The molecule has 3 aromatic carbocycles. The van der Waals surface area contributed by atoms with Crippen molar-refractivity contribution in [1.82, 2.24) is 9.55 Å². The third-order valence-electron chi connectivity index (χ3n) is 4.33. The number of para-hydroxylation sites is 2. The Balaban J connectivity index is 1.81. The SMILES string of the molecule is Fc1ccccc1Cn1c(Cc2ccccc2Cl)nc2ccccc21. The Kier molecular flexibility index (Phi) is 4.24. The number of halogens is 2. The van der Waals surface area contributed by atoms with Crippen LogP contribution in [0, 0.1) is 5.82 Å². The van der Waals surface area contributed by atoms with E-state index in [0.717, 1.165) is 22.4 Å². The molecule has 0 saturated carbocycles. The van der Waals surface area contributed by atoms with Crippen LogP contribution in [-0.4, -0.2) is 9.55 Å². The molecule has 0 unspecified atom stereocenters. The van der Waals surface area contributed by atoms with Crippen LogP contribution in [-0.2, 0) is 13.0 Å². The van der Waals surface area contributed by atoms with Gasteiger partial charge in [0.25, 0.3) is 0 Å². The molecule has 124 valence electrons. The Labute approximate surface area is 150 Å². The second-order valence-electron chi connectivity index (χ2n) is 5.96. The predicted molar refractivity (Wildman–Crippen MR) is 99.5 cm³/mol. The number of rotatable bonds is 4. The Morgan fingerprint density at radius 3 is 2.32 bits per heavy atom. The van der Waals surface area contributed by atoms with Crippen molar-refractivity contribution in [3.05, 3.63) is 101 Å². The molecule has 1 aromatic heterocycles. The molecule has 2 nitrogen and oxygen atoms in total. The van der Waals surface area contributed by atoms with E-state index in [1.54, 1.807) is 6.07 Å². The van der Waals surface area contributed by atoms with Crippen molar-refractivity contribution in [2.45, 2.75) is 13.0 Å². The first-order chi connectivity index (χ1) is 12.2. The standard InChI is InChI=1S/C21H16ClFN2/c22-17-9-3-1-7-15(17)13-21-24-19-11-5-6-12-20(19)25(21)14-16-8-2-4-10-18(16)23/h1-12H,13-14H2. The lowest BCUT2D eigenvalue weighted by molar-refractivity contribution is 0.598. The summed E-state index contributed by atoms with van der Waals surface area (Å²) < 4.78 is 16.2. The highest BCUT2D eigenvalue weighted by Crippen LogP contribution is 2.23. The first-order valence-electron chi connectivity index (χ1n) is 8.13. The summed E-state index contributed by atoms with van der Waals surface area (Å²) in [6.45, 7) is 0.437. The molecule has 0 radical (unpaired) electrons. The fraction of sp³-hybridized carbons (Fsp3) is 0.0952. The van der Waals surface area contributed by atoms with E-state index in [1.165, 1.54) is 6.07 Å². The van der Waals surface area contributed by atoms with E-state index >= 15 is 0 Å². The number of hydrogen-bond donors (Lipinski definition) is 0. The summed E-state index contributed by atoms with van der Waals surface area (Å²) in [5.74, 6) is 0.668. The maximum absolute atomic E-state index is 14.1. The second kappa shape index (κ2) is 6.69. The van der Waals surface area contributed by atoms with Crippen LogP contribution in [0.25, 0.3) is 11.0 Å². The van der Waals surface area contributed by atoms with Crippen LogP contribution in [0.5, 0.6) is 0 Å². The van der Waals surface area contributed by atoms with Gasteiger partial charge in [0.05, 0.1) is 17.6 Å². The van der Waals surface area contributed by atoms with Crippen LogP contribution in [0.2, 0.25) is 5.02 Å². The fourth-order valence-corrected chi connectivity index (χ4v) is 3.25. The van der Waals surface area contributed by atoms with Crippen LogP contribution < -0.4 is 0 Å². The van der Waals surface area contributed by atoms with Crippen molar-refractivity contribution in [3.63, 3.8) is 0 Å². The molecule has 0 fully saturated rings. The molecule has 0 aliphatic heterocycles. The minimum Gasteiger partial charge on any atom is -0.323 e. The van der Waals surface area contributed by atoms with Gasteiger partial charge in [-0.15, -0.1) is 0 Å². The van der Waals surface area contributed by atoms with Gasteiger partial charge in [0.1, 0.15) is 11.6 Å². The molecule has 25 heavy (non-hydrogen) atoms. The number of nitrogens with zero attached hydrogens (tertiary/aromatic N) is 2. The van der Waals surface area contributed by atoms with E-state index in [-0.39, 0.29) is 5.82 Å². The predicted octanol–water partition coefficient (Wildman–Crippen LogP) is 5.47. The average Bonchev–Trinajstić information content (AvgIpc) is 2.96. The zero-order valence-corrected chi connectivity index (χ0v) is 14.2. The molecular weight excluding hydrogens is 335 g/mol. The average molecular weight is 351 g/mol. The topological polar surface area (TPSA) is 17.8 Å². The molecule has 0 atom stereocenters. The lowest BCUT2D eigenvalue weighted by Crippen LogP contribution is -2.07. The molecule has 0 spiro atoms. The largest absolute Gasteiger partial charge is 0.323 e. The van der Waals surface area contributed by atoms with Crippen LogP contribution in [0.15, 0.2) is 72.8 Å². The minimum atomic E-state index is -0.205. The van der Waals surface area contributed by atoms with Gasteiger partial charge in [0, 0.05) is 17.0 Å². The van der Waals surface area contributed by atoms with Gasteiger partial charge in [0.15, 0.2) is 0 Å². The summed E-state index contributed by atoms with van der Waals surface area (Å²) in [5, 5.41) is 0.715. The summed E-state index contributed by atoms with van der Waals surface area (Å²) >= 11 is 6.31. The van der Waals surface area contributed by atoms with Gasteiger partial charge >= 0.3 is 0 Å². The van der Waals surface area contributed by atoms with Crippen LogP contribution in [0.1, 0.15) is 17.0 Å². The first kappa shape index (κ1) is 15.9. The highest BCUT2D eigenvalue weighted by molar-refractivity contribution is 6.31.